The molecule has 5 atom stereocenters. The predicted molar refractivity (Wildman–Crippen MR) is 153 cm³/mol. The van der Waals surface area contributed by atoms with Gasteiger partial charge < -0.3 is 24.4 Å². The quantitative estimate of drug-likeness (QED) is 0.210. The molecule has 1 spiro atoms. The number of carbonyl (C=O) groups is 3. The van der Waals surface area contributed by atoms with Crippen molar-refractivity contribution in [3.05, 3.63) is 49.6 Å². The fourth-order valence-electron chi connectivity index (χ4n) is 6.64. The van der Waals surface area contributed by atoms with E-state index in [4.69, 9.17) is 14.6 Å². The summed E-state index contributed by atoms with van der Waals surface area (Å²) in [6.07, 6.45) is 7.74. The maximum absolute atomic E-state index is 14.5. The largest absolute Gasteiger partial charge is 0.497 e. The number of aliphatic hydroxyl groups is 1. The number of nitrogens with zero attached hydrogens (tertiary/aromatic N) is 2. The molecule has 0 saturated carbocycles. The van der Waals surface area contributed by atoms with Gasteiger partial charge in [-0.05, 0) is 56.9 Å². The Kier molecular flexibility index (Phi) is 9.11. The molecule has 4 rings (SSSR count). The number of benzene rings is 1. The molecule has 2 unspecified atom stereocenters. The molecule has 3 aliphatic heterocycles. The van der Waals surface area contributed by atoms with E-state index in [0.29, 0.717) is 30.8 Å². The highest BCUT2D eigenvalue weighted by Gasteiger charge is 2.77. The second-order valence-corrected chi connectivity index (χ2v) is 12.6. The molecule has 2 amide bonds. The van der Waals surface area contributed by atoms with Crippen molar-refractivity contribution in [2.24, 2.45) is 11.8 Å². The minimum Gasteiger partial charge on any atom is -0.497 e. The first-order valence-electron chi connectivity index (χ1n) is 13.7. The van der Waals surface area contributed by atoms with Crippen molar-refractivity contribution >= 4 is 35.2 Å². The van der Waals surface area contributed by atoms with Crippen LogP contribution >= 0.6 is 11.8 Å². The molecule has 39 heavy (non-hydrogen) atoms. The fraction of sp³-hybridized carbons (Fsp3) is 0.567. The number of hydrogen-bond donors (Lipinski definition) is 1. The highest BCUT2D eigenvalue weighted by molar-refractivity contribution is 8.02. The first kappa shape index (κ1) is 29.2. The number of methoxy groups -OCH3 is 1. The van der Waals surface area contributed by atoms with Crippen LogP contribution in [0.25, 0.3) is 0 Å². The molecule has 3 heterocycles. The third-order valence-electron chi connectivity index (χ3n) is 8.38. The summed E-state index contributed by atoms with van der Waals surface area (Å²) in [4.78, 5) is 45.4. The Morgan fingerprint density at radius 1 is 1.15 bits per heavy atom. The molecule has 0 radical (unpaired) electrons. The summed E-state index contributed by atoms with van der Waals surface area (Å²) in [5.41, 5.74) is 0.696. The molecule has 8 nitrogen and oxygen atoms in total. The molecule has 0 aliphatic carbocycles. The number of ether oxygens (including phenoxy) is 2. The first-order chi connectivity index (χ1) is 18.8. The second-order valence-electron chi connectivity index (χ2n) is 10.8. The highest BCUT2D eigenvalue weighted by atomic mass is 32.2. The van der Waals surface area contributed by atoms with Crippen molar-refractivity contribution in [3.63, 3.8) is 0 Å². The van der Waals surface area contributed by atoms with Gasteiger partial charge in [-0.1, -0.05) is 31.6 Å². The number of amides is 2. The SMILES string of the molecule is C=CCOC(=O)[C@H]1[C@H]2C(=O)N(CCCCCCO)C(C(=O)N(CC=C)c3ccc(OC)cc3)C23CC[C@]1(C)S3. The van der Waals surface area contributed by atoms with Gasteiger partial charge in [0.05, 0.1) is 23.7 Å². The number of anilines is 1. The molecule has 212 valence electrons. The maximum Gasteiger partial charge on any atom is 0.311 e. The van der Waals surface area contributed by atoms with Crippen LogP contribution in [0.2, 0.25) is 0 Å². The van der Waals surface area contributed by atoms with Gasteiger partial charge in [0.25, 0.3) is 5.91 Å². The average molecular weight is 557 g/mol. The lowest BCUT2D eigenvalue weighted by Gasteiger charge is -2.37. The molecule has 1 aromatic rings. The fourth-order valence-corrected chi connectivity index (χ4v) is 8.98. The van der Waals surface area contributed by atoms with E-state index < -0.39 is 27.4 Å². The van der Waals surface area contributed by atoms with Gasteiger partial charge >= 0.3 is 5.97 Å². The van der Waals surface area contributed by atoms with Crippen molar-refractivity contribution in [1.82, 2.24) is 4.90 Å². The molecule has 1 aromatic carbocycles. The molecule has 3 fully saturated rings. The van der Waals surface area contributed by atoms with Gasteiger partial charge in [-0.3, -0.25) is 14.4 Å². The number of thioether (sulfide) groups is 1. The smallest absolute Gasteiger partial charge is 0.311 e. The Labute approximate surface area is 235 Å². The van der Waals surface area contributed by atoms with Crippen molar-refractivity contribution < 1.29 is 29.0 Å². The van der Waals surface area contributed by atoms with E-state index in [0.717, 1.165) is 25.7 Å². The van der Waals surface area contributed by atoms with Crippen LogP contribution in [0.1, 0.15) is 45.4 Å². The zero-order chi connectivity index (χ0) is 28.2. The molecule has 9 heteroatoms. The van der Waals surface area contributed by atoms with E-state index in [-0.39, 0.29) is 37.5 Å². The Bertz CT molecular complexity index is 1090. The number of unbranched alkanes of at least 4 members (excludes halogenated alkanes) is 3. The van der Waals surface area contributed by atoms with E-state index in [1.54, 1.807) is 46.9 Å². The molecule has 2 bridgehead atoms. The number of rotatable bonds is 14. The minimum atomic E-state index is -0.711. The number of esters is 1. The van der Waals surface area contributed by atoms with E-state index in [2.05, 4.69) is 13.2 Å². The lowest BCUT2D eigenvalue weighted by molar-refractivity contribution is -0.154. The summed E-state index contributed by atoms with van der Waals surface area (Å²) in [7, 11) is 1.59. The molecule has 3 saturated heterocycles. The number of carbonyl (C=O) groups excluding carboxylic acids is 3. The molecule has 3 aliphatic rings. The summed E-state index contributed by atoms with van der Waals surface area (Å²) in [6.45, 7) is 10.5. The monoisotopic (exact) mass is 556 g/mol. The van der Waals surface area contributed by atoms with Gasteiger partial charge in [0.2, 0.25) is 5.91 Å². The Balaban J connectivity index is 1.72. The van der Waals surface area contributed by atoms with Crippen LogP contribution < -0.4 is 9.64 Å². The Morgan fingerprint density at radius 3 is 2.51 bits per heavy atom. The number of aliphatic hydroxyl groups excluding tert-OH is 1. The topological polar surface area (TPSA) is 96.4 Å². The number of likely N-dealkylation sites (tertiary alicyclic amines) is 1. The summed E-state index contributed by atoms with van der Waals surface area (Å²) >= 11 is 1.63. The van der Waals surface area contributed by atoms with Gasteiger partial charge in [-0.2, -0.15) is 0 Å². The second kappa shape index (κ2) is 12.2. The van der Waals surface area contributed by atoms with E-state index in [1.807, 2.05) is 19.1 Å². The zero-order valence-corrected chi connectivity index (χ0v) is 23.8. The van der Waals surface area contributed by atoms with Crippen LogP contribution in [0.5, 0.6) is 5.75 Å². The summed E-state index contributed by atoms with van der Waals surface area (Å²) < 4.78 is 9.60. The van der Waals surface area contributed by atoms with Gasteiger partial charge in [0, 0.05) is 30.1 Å². The third-order valence-corrected chi connectivity index (χ3v) is 10.4. The van der Waals surface area contributed by atoms with Crippen molar-refractivity contribution in [2.75, 3.05) is 38.3 Å². The van der Waals surface area contributed by atoms with Crippen LogP contribution in [-0.2, 0) is 19.1 Å². The lowest BCUT2D eigenvalue weighted by atomic mass is 9.66. The van der Waals surface area contributed by atoms with Gasteiger partial charge in [-0.25, -0.2) is 0 Å². The maximum atomic E-state index is 14.5. The lowest BCUT2D eigenvalue weighted by Crippen LogP contribution is -2.55. The zero-order valence-electron chi connectivity index (χ0n) is 23.0. The third kappa shape index (κ3) is 5.23. The standard InChI is InChI=1S/C30H40N2O6S/c1-5-17-31(21-11-13-22(37-4)14-12-21)27(35)25-30-16-15-29(3,39-30)24(28(36)38-20-6-2)23(30)26(34)32(25)18-9-7-8-10-19-33/h5-6,11-14,23-25,33H,1-2,7-10,15-20H2,3-4H3/t23-,24+,25?,29-,30?/m0/s1. The minimum absolute atomic E-state index is 0.0888. The van der Waals surface area contributed by atoms with Gasteiger partial charge in [-0.15, -0.1) is 18.3 Å². The van der Waals surface area contributed by atoms with Crippen LogP contribution in [0.3, 0.4) is 0 Å². The van der Waals surface area contributed by atoms with Crippen molar-refractivity contribution in [3.8, 4) is 5.75 Å². The van der Waals surface area contributed by atoms with Crippen LogP contribution in [0.15, 0.2) is 49.6 Å². The van der Waals surface area contributed by atoms with Crippen LogP contribution in [0, 0.1) is 11.8 Å². The van der Waals surface area contributed by atoms with Gasteiger partial charge in [0.1, 0.15) is 18.4 Å². The Morgan fingerprint density at radius 2 is 1.87 bits per heavy atom. The van der Waals surface area contributed by atoms with E-state index >= 15 is 0 Å². The normalized spacial score (nSPS) is 28.7. The predicted octanol–water partition coefficient (Wildman–Crippen LogP) is 3.98. The summed E-state index contributed by atoms with van der Waals surface area (Å²) in [6, 6.07) is 6.57. The summed E-state index contributed by atoms with van der Waals surface area (Å²) in [5.74, 6) is -1.25. The molecule has 0 aromatic heterocycles. The van der Waals surface area contributed by atoms with Crippen molar-refractivity contribution in [2.45, 2.75) is 61.0 Å². The average Bonchev–Trinajstić information content (AvgIpc) is 3.50. The van der Waals surface area contributed by atoms with Gasteiger partial charge in [0.15, 0.2) is 0 Å². The number of fused-ring (bicyclic) bond motifs is 1. The molecular formula is C30H40N2O6S. The highest BCUT2D eigenvalue weighted by Crippen LogP contribution is 2.71. The summed E-state index contributed by atoms with van der Waals surface area (Å²) in [5, 5.41) is 9.15. The Hall–Kier alpha value is -2.78. The van der Waals surface area contributed by atoms with Crippen LogP contribution in [-0.4, -0.2) is 76.7 Å². The molecular weight excluding hydrogens is 516 g/mol. The molecule has 1 N–H and O–H groups in total. The number of hydrogen-bond acceptors (Lipinski definition) is 7. The van der Waals surface area contributed by atoms with E-state index in [1.165, 1.54) is 6.08 Å². The van der Waals surface area contributed by atoms with Crippen LogP contribution in [0.4, 0.5) is 5.69 Å². The first-order valence-corrected chi connectivity index (χ1v) is 14.5. The van der Waals surface area contributed by atoms with Crippen molar-refractivity contribution in [1.29, 1.82) is 0 Å². The van der Waals surface area contributed by atoms with E-state index in [9.17, 15) is 14.4 Å².